The fourth-order valence-corrected chi connectivity index (χ4v) is 1.72. The molecular weight excluding hydrogens is 224 g/mol. The van der Waals surface area contributed by atoms with E-state index >= 15 is 0 Å². The van der Waals surface area contributed by atoms with Gasteiger partial charge in [0.25, 0.3) is 0 Å². The van der Waals surface area contributed by atoms with E-state index in [1.807, 2.05) is 0 Å². The molecule has 0 saturated heterocycles. The van der Waals surface area contributed by atoms with Crippen molar-refractivity contribution in [2.75, 3.05) is 6.61 Å². The Morgan fingerprint density at radius 3 is 2.59 bits per heavy atom. The molecule has 0 atom stereocenters. The summed E-state index contributed by atoms with van der Waals surface area (Å²) in [6, 6.07) is 5.03. The largest absolute Gasteiger partial charge is 0.482 e. The average Bonchev–Trinajstić information content (AvgIpc) is 2.52. The number of fused-ring (bicyclic) bond motifs is 1. The third-order valence-corrected chi connectivity index (χ3v) is 2.61. The number of ether oxygens (including phenoxy) is 1. The maximum absolute atomic E-state index is 11.7. The Hall–Kier alpha value is -2.24. The van der Waals surface area contributed by atoms with Crippen molar-refractivity contribution >= 4 is 17.0 Å². The monoisotopic (exact) mass is 236 g/mol. The van der Waals surface area contributed by atoms with Gasteiger partial charge in [-0.25, -0.2) is 9.59 Å². The number of rotatable bonds is 3. The van der Waals surface area contributed by atoms with E-state index < -0.39 is 12.6 Å². The topological polar surface area (TPSA) is 73.5 Å². The molecule has 1 N–H and O–H groups in total. The number of aryl methyl sites for hydroxylation is 2. The lowest BCUT2D eigenvalue weighted by atomic mass is 10.3. The molecule has 0 spiro atoms. The number of aromatic nitrogens is 2. The molecule has 17 heavy (non-hydrogen) atoms. The van der Waals surface area contributed by atoms with Crippen LogP contribution in [0.4, 0.5) is 0 Å². The number of aliphatic carboxylic acids is 1. The minimum atomic E-state index is -1.04. The zero-order valence-corrected chi connectivity index (χ0v) is 9.51. The Morgan fingerprint density at radius 1 is 1.29 bits per heavy atom. The van der Waals surface area contributed by atoms with Crippen LogP contribution in [0, 0.1) is 0 Å². The fourth-order valence-electron chi connectivity index (χ4n) is 1.72. The molecule has 1 heterocycles. The van der Waals surface area contributed by atoms with E-state index in [1.165, 1.54) is 9.13 Å². The molecule has 0 aliphatic heterocycles. The molecule has 0 radical (unpaired) electrons. The molecule has 0 saturated carbocycles. The van der Waals surface area contributed by atoms with E-state index in [1.54, 1.807) is 32.3 Å². The number of hydrogen-bond donors (Lipinski definition) is 1. The van der Waals surface area contributed by atoms with Gasteiger partial charge in [-0.2, -0.15) is 0 Å². The molecule has 0 amide bonds. The number of hydrogen-bond acceptors (Lipinski definition) is 3. The molecule has 2 aromatic rings. The second kappa shape index (κ2) is 3.97. The van der Waals surface area contributed by atoms with Crippen molar-refractivity contribution in [3.8, 4) is 5.75 Å². The first-order chi connectivity index (χ1) is 8.00. The van der Waals surface area contributed by atoms with Gasteiger partial charge in [-0.1, -0.05) is 0 Å². The highest BCUT2D eigenvalue weighted by molar-refractivity contribution is 5.78. The Bertz CT molecular complexity index is 639. The standard InChI is InChI=1S/C11H12N2O4/c1-12-8-4-3-7(17-6-10(14)15)5-9(8)13(2)11(12)16/h3-5H,6H2,1-2H3,(H,14,15). The number of carboxylic acid groups (broad SMARTS) is 1. The van der Waals surface area contributed by atoms with Crippen LogP contribution >= 0.6 is 0 Å². The molecular formula is C11H12N2O4. The van der Waals surface area contributed by atoms with E-state index in [2.05, 4.69) is 0 Å². The predicted octanol–water partition coefficient (Wildman–Crippen LogP) is 0.340. The zero-order valence-electron chi connectivity index (χ0n) is 9.51. The van der Waals surface area contributed by atoms with Crippen LogP contribution in [0.3, 0.4) is 0 Å². The predicted molar refractivity (Wildman–Crippen MR) is 61.3 cm³/mol. The molecule has 0 unspecified atom stereocenters. The summed E-state index contributed by atoms with van der Waals surface area (Å²) < 4.78 is 8.07. The van der Waals surface area contributed by atoms with Crippen molar-refractivity contribution in [3.63, 3.8) is 0 Å². The number of carbonyl (C=O) groups is 1. The van der Waals surface area contributed by atoms with E-state index in [4.69, 9.17) is 9.84 Å². The maximum Gasteiger partial charge on any atom is 0.341 e. The fraction of sp³-hybridized carbons (Fsp3) is 0.273. The van der Waals surface area contributed by atoms with Crippen LogP contribution in [0.5, 0.6) is 5.75 Å². The average molecular weight is 236 g/mol. The molecule has 1 aromatic carbocycles. The molecule has 2 rings (SSSR count). The normalized spacial score (nSPS) is 10.7. The van der Waals surface area contributed by atoms with Gasteiger partial charge in [0.2, 0.25) is 0 Å². The second-order valence-corrected chi connectivity index (χ2v) is 3.73. The van der Waals surface area contributed by atoms with Crippen molar-refractivity contribution in [2.45, 2.75) is 0 Å². The van der Waals surface area contributed by atoms with Gasteiger partial charge in [0, 0.05) is 20.2 Å². The van der Waals surface area contributed by atoms with Crippen LogP contribution in [0.25, 0.3) is 11.0 Å². The van der Waals surface area contributed by atoms with Gasteiger partial charge >= 0.3 is 11.7 Å². The first-order valence-corrected chi connectivity index (χ1v) is 5.01. The van der Waals surface area contributed by atoms with E-state index in [0.29, 0.717) is 11.3 Å². The van der Waals surface area contributed by atoms with Crippen LogP contribution in [0.2, 0.25) is 0 Å². The SMILES string of the molecule is Cn1c(=O)n(C)c2cc(OCC(=O)O)ccc21. The Labute approximate surface area is 96.7 Å². The lowest BCUT2D eigenvalue weighted by molar-refractivity contribution is -0.139. The van der Waals surface area contributed by atoms with Crippen molar-refractivity contribution in [1.82, 2.24) is 9.13 Å². The second-order valence-electron chi connectivity index (χ2n) is 3.73. The van der Waals surface area contributed by atoms with Crippen LogP contribution in [0.15, 0.2) is 23.0 Å². The minimum absolute atomic E-state index is 0.129. The number of imidazole rings is 1. The first kappa shape index (κ1) is 11.3. The van der Waals surface area contributed by atoms with E-state index in [9.17, 15) is 9.59 Å². The molecule has 0 aliphatic carbocycles. The molecule has 6 heteroatoms. The van der Waals surface area contributed by atoms with Crippen molar-refractivity contribution in [1.29, 1.82) is 0 Å². The third kappa shape index (κ3) is 1.89. The minimum Gasteiger partial charge on any atom is -0.482 e. The summed E-state index contributed by atoms with van der Waals surface area (Å²) in [5.74, 6) is -0.604. The van der Waals surface area contributed by atoms with E-state index in [-0.39, 0.29) is 5.69 Å². The molecule has 1 aromatic heterocycles. The molecule has 0 fully saturated rings. The summed E-state index contributed by atoms with van der Waals surface area (Å²) in [4.78, 5) is 22.0. The number of benzene rings is 1. The van der Waals surface area contributed by atoms with Gasteiger partial charge in [0.15, 0.2) is 6.61 Å². The zero-order chi connectivity index (χ0) is 12.6. The molecule has 90 valence electrons. The summed E-state index contributed by atoms with van der Waals surface area (Å²) >= 11 is 0. The Balaban J connectivity index is 2.47. The quantitative estimate of drug-likeness (QED) is 0.834. The highest BCUT2D eigenvalue weighted by atomic mass is 16.5. The van der Waals surface area contributed by atoms with Gasteiger partial charge in [-0.3, -0.25) is 9.13 Å². The van der Waals surface area contributed by atoms with E-state index in [0.717, 1.165) is 5.52 Å². The Morgan fingerprint density at radius 2 is 1.94 bits per heavy atom. The van der Waals surface area contributed by atoms with Crippen molar-refractivity contribution < 1.29 is 14.6 Å². The van der Waals surface area contributed by atoms with Gasteiger partial charge in [-0.15, -0.1) is 0 Å². The number of nitrogens with zero attached hydrogens (tertiary/aromatic N) is 2. The van der Waals surface area contributed by atoms with Crippen molar-refractivity contribution in [3.05, 3.63) is 28.7 Å². The van der Waals surface area contributed by atoms with Gasteiger partial charge in [0.1, 0.15) is 5.75 Å². The first-order valence-electron chi connectivity index (χ1n) is 5.01. The Kier molecular flexibility index (Phi) is 2.63. The molecule has 0 aliphatic rings. The van der Waals surface area contributed by atoms with Gasteiger partial charge in [-0.05, 0) is 12.1 Å². The highest BCUT2D eigenvalue weighted by Gasteiger charge is 2.08. The lowest BCUT2D eigenvalue weighted by Crippen LogP contribution is -2.19. The summed E-state index contributed by atoms with van der Waals surface area (Å²) in [5, 5.41) is 8.51. The van der Waals surface area contributed by atoms with Gasteiger partial charge < -0.3 is 9.84 Å². The number of carboxylic acids is 1. The smallest absolute Gasteiger partial charge is 0.341 e. The summed E-state index contributed by atoms with van der Waals surface area (Å²) in [6.45, 7) is -0.397. The highest BCUT2D eigenvalue weighted by Crippen LogP contribution is 2.19. The molecule has 6 nitrogen and oxygen atoms in total. The summed E-state index contributed by atoms with van der Waals surface area (Å²) in [7, 11) is 3.34. The lowest BCUT2D eigenvalue weighted by Gasteiger charge is -2.03. The van der Waals surface area contributed by atoms with Crippen molar-refractivity contribution in [2.24, 2.45) is 14.1 Å². The van der Waals surface area contributed by atoms with Crippen LogP contribution in [0.1, 0.15) is 0 Å². The van der Waals surface area contributed by atoms with Crippen LogP contribution in [-0.2, 0) is 18.9 Å². The van der Waals surface area contributed by atoms with Gasteiger partial charge in [0.05, 0.1) is 11.0 Å². The van der Waals surface area contributed by atoms with Crippen LogP contribution < -0.4 is 10.4 Å². The summed E-state index contributed by atoms with van der Waals surface area (Å²) in [6.07, 6.45) is 0. The summed E-state index contributed by atoms with van der Waals surface area (Å²) in [5.41, 5.74) is 1.36. The molecule has 0 bridgehead atoms. The third-order valence-electron chi connectivity index (χ3n) is 2.61. The van der Waals surface area contributed by atoms with Crippen LogP contribution in [-0.4, -0.2) is 26.8 Å². The maximum atomic E-state index is 11.7.